The van der Waals surface area contributed by atoms with E-state index in [0.717, 1.165) is 28.9 Å². The maximum Gasteiger partial charge on any atom is 0.319 e. The lowest BCUT2D eigenvalue weighted by Gasteiger charge is -2.18. The summed E-state index contributed by atoms with van der Waals surface area (Å²) in [6, 6.07) is 14.8. The fraction of sp³-hybridized carbons (Fsp3) is 0.300. The average molecular weight is 431 g/mol. The molecule has 0 atom stereocenters. The Morgan fingerprint density at radius 2 is 1.70 bits per heavy atom. The lowest BCUT2D eigenvalue weighted by atomic mass is 10.2. The van der Waals surface area contributed by atoms with Gasteiger partial charge in [0.05, 0.1) is 0 Å². The van der Waals surface area contributed by atoms with E-state index in [2.05, 4.69) is 42.8 Å². The summed E-state index contributed by atoms with van der Waals surface area (Å²) < 4.78 is 0.943. The molecule has 1 aliphatic heterocycles. The maximum absolute atomic E-state index is 12.1. The zero-order chi connectivity index (χ0) is 19.1. The number of halogens is 1. The van der Waals surface area contributed by atoms with Gasteiger partial charge in [0, 0.05) is 47.6 Å². The molecule has 1 saturated heterocycles. The van der Waals surface area contributed by atoms with Crippen LogP contribution in [-0.2, 0) is 4.79 Å². The van der Waals surface area contributed by atoms with Crippen molar-refractivity contribution in [3.8, 4) is 0 Å². The molecule has 1 fully saturated rings. The summed E-state index contributed by atoms with van der Waals surface area (Å²) in [6.07, 6.45) is 2.64. The number of hydrogen-bond donors (Lipinski definition) is 3. The van der Waals surface area contributed by atoms with Gasteiger partial charge in [-0.25, -0.2) is 4.79 Å². The van der Waals surface area contributed by atoms with E-state index in [1.807, 2.05) is 30.3 Å². The van der Waals surface area contributed by atoms with Crippen molar-refractivity contribution in [3.63, 3.8) is 0 Å². The molecule has 0 bridgehead atoms. The first kappa shape index (κ1) is 19.2. The van der Waals surface area contributed by atoms with Gasteiger partial charge in [0.2, 0.25) is 5.91 Å². The molecule has 0 spiro atoms. The zero-order valence-electron chi connectivity index (χ0n) is 15.0. The number of nitrogens with one attached hydrogen (secondary N) is 3. The number of hydrogen-bond acceptors (Lipinski definition) is 3. The van der Waals surface area contributed by atoms with Crippen molar-refractivity contribution in [3.05, 3.63) is 53.0 Å². The van der Waals surface area contributed by atoms with Crippen molar-refractivity contribution in [2.24, 2.45) is 0 Å². The first-order chi connectivity index (χ1) is 13.1. The molecule has 6 nitrogen and oxygen atoms in total. The van der Waals surface area contributed by atoms with Gasteiger partial charge in [0.25, 0.3) is 0 Å². The predicted molar refractivity (Wildman–Crippen MR) is 112 cm³/mol. The molecule has 0 aliphatic carbocycles. The Labute approximate surface area is 167 Å². The van der Waals surface area contributed by atoms with Crippen LogP contribution in [0.1, 0.15) is 19.3 Å². The van der Waals surface area contributed by atoms with Crippen molar-refractivity contribution in [1.82, 2.24) is 5.32 Å². The number of benzene rings is 2. The minimum absolute atomic E-state index is 0.127. The second-order valence-electron chi connectivity index (χ2n) is 6.43. The van der Waals surface area contributed by atoms with Crippen LogP contribution < -0.4 is 20.9 Å². The Bertz CT molecular complexity index is 789. The van der Waals surface area contributed by atoms with Gasteiger partial charge in [-0.15, -0.1) is 0 Å². The average Bonchev–Trinajstić information content (AvgIpc) is 3.19. The van der Waals surface area contributed by atoms with Crippen LogP contribution in [0.3, 0.4) is 0 Å². The van der Waals surface area contributed by atoms with Crippen LogP contribution in [0.4, 0.5) is 21.9 Å². The fourth-order valence-electron chi connectivity index (χ4n) is 2.98. The van der Waals surface area contributed by atoms with Crippen molar-refractivity contribution >= 4 is 44.9 Å². The Hall–Kier alpha value is -2.54. The number of nitrogens with zero attached hydrogens (tertiary/aromatic N) is 1. The van der Waals surface area contributed by atoms with Gasteiger partial charge in [0.1, 0.15) is 0 Å². The number of carbonyl (C=O) groups excluding carboxylic acids is 2. The van der Waals surface area contributed by atoms with Crippen molar-refractivity contribution < 1.29 is 9.59 Å². The molecule has 3 N–H and O–H groups in total. The normalized spacial score (nSPS) is 13.3. The SMILES string of the molecule is O=C(CCNC(=O)Nc1ccc(Br)cc1)Nc1cccc(N2CCCC2)c1. The number of carbonyl (C=O) groups is 2. The van der Waals surface area contributed by atoms with E-state index in [9.17, 15) is 9.59 Å². The molecule has 0 saturated carbocycles. The van der Waals surface area contributed by atoms with Gasteiger partial charge in [-0.2, -0.15) is 0 Å². The van der Waals surface area contributed by atoms with Crippen LogP contribution in [0.15, 0.2) is 53.0 Å². The second-order valence-corrected chi connectivity index (χ2v) is 7.35. The number of anilines is 3. The van der Waals surface area contributed by atoms with Gasteiger partial charge in [-0.3, -0.25) is 4.79 Å². The largest absolute Gasteiger partial charge is 0.371 e. The first-order valence-electron chi connectivity index (χ1n) is 9.05. The molecule has 2 aromatic rings. The minimum Gasteiger partial charge on any atom is -0.371 e. The summed E-state index contributed by atoms with van der Waals surface area (Å²) in [5.41, 5.74) is 2.61. The summed E-state index contributed by atoms with van der Waals surface area (Å²) >= 11 is 3.34. The highest BCUT2D eigenvalue weighted by molar-refractivity contribution is 9.10. The third kappa shape index (κ3) is 5.99. The summed E-state index contributed by atoms with van der Waals surface area (Å²) in [5.74, 6) is -0.127. The highest BCUT2D eigenvalue weighted by atomic mass is 79.9. The van der Waals surface area contributed by atoms with E-state index in [4.69, 9.17) is 0 Å². The molecule has 142 valence electrons. The second kappa shape index (κ2) is 9.41. The smallest absolute Gasteiger partial charge is 0.319 e. The van der Waals surface area contributed by atoms with Crippen LogP contribution in [0.2, 0.25) is 0 Å². The highest BCUT2D eigenvalue weighted by Gasteiger charge is 2.13. The monoisotopic (exact) mass is 430 g/mol. The summed E-state index contributed by atoms with van der Waals surface area (Å²) in [4.78, 5) is 26.3. The van der Waals surface area contributed by atoms with E-state index in [1.165, 1.54) is 12.8 Å². The third-order valence-electron chi connectivity index (χ3n) is 4.34. The molecule has 2 aromatic carbocycles. The molecule has 7 heteroatoms. The lowest BCUT2D eigenvalue weighted by molar-refractivity contribution is -0.116. The van der Waals surface area contributed by atoms with E-state index < -0.39 is 0 Å². The molecule has 1 heterocycles. The number of amides is 3. The van der Waals surface area contributed by atoms with Gasteiger partial charge < -0.3 is 20.9 Å². The molecule has 0 unspecified atom stereocenters. The van der Waals surface area contributed by atoms with Gasteiger partial charge in [0.15, 0.2) is 0 Å². The van der Waals surface area contributed by atoms with Crippen LogP contribution in [0.5, 0.6) is 0 Å². The first-order valence-corrected chi connectivity index (χ1v) is 9.85. The molecule has 3 amide bonds. The van der Waals surface area contributed by atoms with E-state index in [-0.39, 0.29) is 24.9 Å². The van der Waals surface area contributed by atoms with Gasteiger partial charge in [-0.1, -0.05) is 22.0 Å². The third-order valence-corrected chi connectivity index (χ3v) is 4.87. The van der Waals surface area contributed by atoms with E-state index in [1.54, 1.807) is 12.1 Å². The molecule has 0 radical (unpaired) electrons. The zero-order valence-corrected chi connectivity index (χ0v) is 16.6. The molecule has 27 heavy (non-hydrogen) atoms. The highest BCUT2D eigenvalue weighted by Crippen LogP contribution is 2.23. The Morgan fingerprint density at radius 1 is 0.963 bits per heavy atom. The molecular formula is C20H23BrN4O2. The topological polar surface area (TPSA) is 73.5 Å². The Kier molecular flexibility index (Phi) is 6.70. The fourth-order valence-corrected chi connectivity index (χ4v) is 3.24. The standard InChI is InChI=1S/C20H23BrN4O2/c21-15-6-8-16(9-7-15)24-20(27)22-11-10-19(26)23-17-4-3-5-18(14-17)25-12-1-2-13-25/h3-9,14H,1-2,10-13H2,(H,23,26)(H2,22,24,27). The van der Waals surface area contributed by atoms with Gasteiger partial charge in [-0.05, 0) is 55.3 Å². The summed E-state index contributed by atoms with van der Waals surface area (Å²) in [7, 11) is 0. The lowest BCUT2D eigenvalue weighted by Crippen LogP contribution is -2.31. The van der Waals surface area contributed by atoms with Gasteiger partial charge >= 0.3 is 6.03 Å². The minimum atomic E-state index is -0.332. The maximum atomic E-state index is 12.1. The molecular weight excluding hydrogens is 408 g/mol. The van der Waals surface area contributed by atoms with Crippen LogP contribution >= 0.6 is 15.9 Å². The number of urea groups is 1. The summed E-state index contributed by atoms with van der Waals surface area (Å²) in [6.45, 7) is 2.39. The van der Waals surface area contributed by atoms with Crippen molar-refractivity contribution in [2.75, 3.05) is 35.2 Å². The molecule has 3 rings (SSSR count). The van der Waals surface area contributed by atoms with Crippen molar-refractivity contribution in [1.29, 1.82) is 0 Å². The molecule has 1 aliphatic rings. The van der Waals surface area contributed by atoms with Crippen molar-refractivity contribution in [2.45, 2.75) is 19.3 Å². The van der Waals surface area contributed by atoms with Crippen LogP contribution in [-0.4, -0.2) is 31.6 Å². The van der Waals surface area contributed by atoms with Crippen LogP contribution in [0, 0.1) is 0 Å². The quantitative estimate of drug-likeness (QED) is 0.642. The number of rotatable bonds is 6. The summed E-state index contributed by atoms with van der Waals surface area (Å²) in [5, 5.41) is 8.30. The van der Waals surface area contributed by atoms with Crippen LogP contribution in [0.25, 0.3) is 0 Å². The Morgan fingerprint density at radius 3 is 2.44 bits per heavy atom. The Balaban J connectivity index is 1.41. The molecule has 0 aromatic heterocycles. The van der Waals surface area contributed by atoms with E-state index >= 15 is 0 Å². The van der Waals surface area contributed by atoms with E-state index in [0.29, 0.717) is 5.69 Å². The predicted octanol–water partition coefficient (Wildman–Crippen LogP) is 4.20.